The molecule has 12 nitrogen and oxygen atoms in total. The maximum absolute atomic E-state index is 13.4. The minimum atomic E-state index is -4.09. The summed E-state index contributed by atoms with van der Waals surface area (Å²) in [5, 5.41) is 0. The average Bonchev–Trinajstić information content (AvgIpc) is 3.72. The van der Waals surface area contributed by atoms with E-state index in [9.17, 15) is 13.2 Å². The molecule has 0 fully saturated rings. The number of carbonyl (C=O) groups excluding carboxylic acids is 1. The Morgan fingerprint density at radius 3 is 2.47 bits per heavy atom. The Morgan fingerprint density at radius 2 is 1.79 bits per heavy atom. The van der Waals surface area contributed by atoms with Crippen LogP contribution in [0.3, 0.4) is 0 Å². The fourth-order valence-corrected chi connectivity index (χ4v) is 5.29. The Balaban J connectivity index is 1.37. The third-order valence-corrected chi connectivity index (χ3v) is 8.29. The number of sulfonamides is 1. The van der Waals surface area contributed by atoms with Gasteiger partial charge >= 0.3 is 6.09 Å². The lowest BCUT2D eigenvalue weighted by molar-refractivity contribution is 0.132. The number of halogens is 1. The van der Waals surface area contributed by atoms with Crippen LogP contribution in [-0.2, 0) is 20.2 Å². The summed E-state index contributed by atoms with van der Waals surface area (Å²) in [7, 11) is -2.58. The number of ether oxygens (including phenoxy) is 4. The number of anilines is 3. The molecule has 5 rings (SSSR count). The highest BCUT2D eigenvalue weighted by Crippen LogP contribution is 2.45. The highest BCUT2D eigenvalue weighted by Gasteiger charge is 2.37. The Morgan fingerprint density at radius 1 is 1.02 bits per heavy atom. The van der Waals surface area contributed by atoms with E-state index < -0.39 is 16.1 Å². The van der Waals surface area contributed by atoms with Gasteiger partial charge in [0.05, 0.1) is 22.2 Å². The van der Waals surface area contributed by atoms with Gasteiger partial charge in [-0.1, -0.05) is 32.9 Å². The molecular weight excluding hydrogens is 642 g/mol. The fraction of sp³-hybridized carbons (Fsp3) is 0.241. The number of nitrogens with one attached hydrogen (secondary N) is 1. The maximum atomic E-state index is 13.4. The first-order valence-electron chi connectivity index (χ1n) is 13.0. The van der Waals surface area contributed by atoms with Crippen LogP contribution in [-0.4, -0.2) is 49.8 Å². The second-order valence-corrected chi connectivity index (χ2v) is 12.8. The molecule has 2 aromatic carbocycles. The van der Waals surface area contributed by atoms with Crippen molar-refractivity contribution < 1.29 is 32.2 Å². The van der Waals surface area contributed by atoms with E-state index in [0.717, 1.165) is 11.9 Å². The van der Waals surface area contributed by atoms with E-state index in [1.807, 2.05) is 20.8 Å². The van der Waals surface area contributed by atoms with Gasteiger partial charge < -0.3 is 18.9 Å². The number of methoxy groups -OCH3 is 1. The van der Waals surface area contributed by atoms with E-state index >= 15 is 0 Å². The number of rotatable bonds is 10. The molecule has 0 saturated heterocycles. The van der Waals surface area contributed by atoms with E-state index in [1.165, 1.54) is 24.1 Å². The van der Waals surface area contributed by atoms with E-state index in [2.05, 4.69) is 35.6 Å². The molecule has 1 aliphatic heterocycles. The van der Waals surface area contributed by atoms with Gasteiger partial charge in [-0.15, -0.1) is 0 Å². The smallest absolute Gasteiger partial charge is 0.420 e. The molecule has 0 bridgehead atoms. The average molecular weight is 671 g/mol. The molecule has 0 spiro atoms. The normalized spacial score (nSPS) is 12.3. The molecule has 2 aromatic heterocycles. The topological polar surface area (TPSA) is 142 Å². The van der Waals surface area contributed by atoms with Crippen LogP contribution in [0, 0.1) is 0 Å². The van der Waals surface area contributed by atoms with Gasteiger partial charge in [0.2, 0.25) is 5.75 Å². The zero-order valence-corrected chi connectivity index (χ0v) is 26.1. The summed E-state index contributed by atoms with van der Waals surface area (Å²) in [4.78, 5) is 26.1. The van der Waals surface area contributed by atoms with Crippen LogP contribution in [0.4, 0.5) is 22.1 Å². The molecule has 0 saturated carbocycles. The third kappa shape index (κ3) is 6.81. The number of nitrogens with zero attached hydrogens (tertiary/aromatic N) is 4. The molecule has 0 radical (unpaired) electrons. The molecule has 3 heterocycles. The van der Waals surface area contributed by atoms with Crippen molar-refractivity contribution in [3.63, 3.8) is 0 Å². The number of aromatic nitrogens is 3. The number of amides is 1. The lowest BCUT2D eigenvalue weighted by atomic mass is 9.87. The van der Waals surface area contributed by atoms with Crippen molar-refractivity contribution in [2.45, 2.75) is 31.1 Å². The SMILES string of the molecule is COc1ccc(Br)c(Oc2c(NS(=O)(=O)c3ccc(C(C)(C)C)cc3)ncnc2OCCOC(=O)N2c3cccnc32)c1. The van der Waals surface area contributed by atoms with Gasteiger partial charge in [-0.25, -0.2) is 28.1 Å². The van der Waals surface area contributed by atoms with Crippen LogP contribution in [0.5, 0.6) is 23.1 Å². The molecule has 1 aliphatic rings. The van der Waals surface area contributed by atoms with E-state index in [4.69, 9.17) is 18.9 Å². The highest BCUT2D eigenvalue weighted by atomic mass is 79.9. The van der Waals surface area contributed by atoms with Crippen molar-refractivity contribution in [1.82, 2.24) is 15.0 Å². The predicted octanol–water partition coefficient (Wildman–Crippen LogP) is 6.20. The standard InChI is InChI=1S/C29H28BrN5O7S/c1-29(2,3)18-7-10-20(11-8-18)43(37,38)34-25-24(42-23-16-19(39-4)9-12-21(23)30)27(33-17-32-25)40-14-15-41-28(36)35-22-6-5-13-31-26(22)35/h5-13,16-17H,14-15H2,1-4H3,(H,32,33,34). The minimum absolute atomic E-state index is 0.0348. The lowest BCUT2D eigenvalue weighted by Gasteiger charge is -2.19. The van der Waals surface area contributed by atoms with Crippen LogP contribution in [0.1, 0.15) is 26.3 Å². The zero-order valence-electron chi connectivity index (χ0n) is 23.7. The Kier molecular flexibility index (Phi) is 8.42. The number of benzene rings is 2. The van der Waals surface area contributed by atoms with Crippen LogP contribution < -0.4 is 23.8 Å². The van der Waals surface area contributed by atoms with Gasteiger partial charge in [-0.05, 0) is 63.3 Å². The fourth-order valence-electron chi connectivity index (χ4n) is 3.95. The molecule has 0 unspecified atom stereocenters. The van der Waals surface area contributed by atoms with E-state index in [-0.39, 0.29) is 46.7 Å². The maximum Gasteiger partial charge on any atom is 0.420 e. The number of carbonyl (C=O) groups is 1. The Bertz CT molecular complexity index is 1740. The van der Waals surface area contributed by atoms with Crippen LogP contribution >= 0.6 is 15.9 Å². The number of pyridine rings is 1. The molecular formula is C29H28BrN5O7S. The summed E-state index contributed by atoms with van der Waals surface area (Å²) >= 11 is 3.43. The minimum Gasteiger partial charge on any atom is -0.497 e. The molecule has 1 amide bonds. The third-order valence-electron chi connectivity index (χ3n) is 6.28. The van der Waals surface area contributed by atoms with Gasteiger partial charge in [0.25, 0.3) is 15.9 Å². The highest BCUT2D eigenvalue weighted by molar-refractivity contribution is 9.10. The van der Waals surface area contributed by atoms with Crippen molar-refractivity contribution in [2.24, 2.45) is 0 Å². The first-order chi connectivity index (χ1) is 20.5. The molecule has 1 N–H and O–H groups in total. The van der Waals surface area contributed by atoms with Crippen LogP contribution in [0.15, 0.2) is 76.5 Å². The molecule has 0 aliphatic carbocycles. The van der Waals surface area contributed by atoms with Gasteiger partial charge in [-0.3, -0.25) is 4.72 Å². The summed E-state index contributed by atoms with van der Waals surface area (Å²) in [5.74, 6) is 0.956. The summed E-state index contributed by atoms with van der Waals surface area (Å²) in [5.41, 5.74) is 1.51. The lowest BCUT2D eigenvalue weighted by Crippen LogP contribution is -2.19. The zero-order chi connectivity index (χ0) is 30.8. The van der Waals surface area contributed by atoms with E-state index in [1.54, 1.807) is 48.7 Å². The van der Waals surface area contributed by atoms with Crippen molar-refractivity contribution >= 4 is 49.4 Å². The molecule has 43 heavy (non-hydrogen) atoms. The van der Waals surface area contributed by atoms with Crippen LogP contribution in [0.2, 0.25) is 0 Å². The summed E-state index contributed by atoms with van der Waals surface area (Å²) in [6.45, 7) is 5.88. The van der Waals surface area contributed by atoms with Crippen molar-refractivity contribution in [2.75, 3.05) is 29.9 Å². The molecule has 0 atom stereocenters. The monoisotopic (exact) mass is 669 g/mol. The summed E-state index contributed by atoms with van der Waals surface area (Å²) < 4.78 is 52.3. The van der Waals surface area contributed by atoms with E-state index in [0.29, 0.717) is 21.7 Å². The first-order valence-corrected chi connectivity index (χ1v) is 15.3. The van der Waals surface area contributed by atoms with Crippen molar-refractivity contribution in [3.8, 4) is 23.1 Å². The quantitative estimate of drug-likeness (QED) is 0.153. The van der Waals surface area contributed by atoms with Gasteiger partial charge in [0.15, 0.2) is 11.6 Å². The molecule has 224 valence electrons. The number of fused-ring (bicyclic) bond motifs is 1. The van der Waals surface area contributed by atoms with Crippen molar-refractivity contribution in [1.29, 1.82) is 0 Å². The molecule has 4 aromatic rings. The van der Waals surface area contributed by atoms with Crippen molar-refractivity contribution in [3.05, 3.63) is 77.2 Å². The molecule has 14 heteroatoms. The second kappa shape index (κ2) is 12.1. The number of hydrogen-bond donors (Lipinski definition) is 1. The Hall–Kier alpha value is -4.43. The Labute approximate surface area is 257 Å². The summed E-state index contributed by atoms with van der Waals surface area (Å²) in [6.07, 6.45) is 2.12. The van der Waals surface area contributed by atoms with Gasteiger partial charge in [0, 0.05) is 12.3 Å². The summed E-state index contributed by atoms with van der Waals surface area (Å²) in [6, 6.07) is 15.1. The largest absolute Gasteiger partial charge is 0.497 e. The van der Waals surface area contributed by atoms with Crippen LogP contribution in [0.25, 0.3) is 0 Å². The number of hydrogen-bond acceptors (Lipinski definition) is 10. The predicted molar refractivity (Wildman–Crippen MR) is 162 cm³/mol. The first kappa shape index (κ1) is 30.0. The second-order valence-electron chi connectivity index (χ2n) is 10.3. The van der Waals surface area contributed by atoms with Gasteiger partial charge in [0.1, 0.15) is 31.0 Å². The van der Waals surface area contributed by atoms with Gasteiger partial charge in [-0.2, -0.15) is 4.98 Å².